The Morgan fingerprint density at radius 3 is 2.54 bits per heavy atom. The number of thioether (sulfide) groups is 1. The van der Waals surface area contributed by atoms with Crippen molar-refractivity contribution in [3.8, 4) is 5.75 Å². The number of nitrogens with one attached hydrogen (secondary N) is 1. The summed E-state index contributed by atoms with van der Waals surface area (Å²) in [6.07, 6.45) is 1.22. The summed E-state index contributed by atoms with van der Waals surface area (Å²) in [6.45, 7) is 1.06. The van der Waals surface area contributed by atoms with Crippen LogP contribution in [-0.2, 0) is 9.59 Å². The normalized spacial score (nSPS) is 14.6. The van der Waals surface area contributed by atoms with Crippen LogP contribution >= 0.6 is 11.8 Å². The number of halogens is 1. The third-order valence-electron chi connectivity index (χ3n) is 4.77. The van der Waals surface area contributed by atoms with Gasteiger partial charge in [-0.05, 0) is 37.1 Å². The molecule has 2 aromatic carbocycles. The molecule has 0 aromatic heterocycles. The van der Waals surface area contributed by atoms with Gasteiger partial charge >= 0.3 is 0 Å². The molecule has 1 heterocycles. The van der Waals surface area contributed by atoms with Crippen LogP contribution < -0.4 is 10.1 Å². The third kappa shape index (κ3) is 5.04. The molecule has 2 aromatic rings. The van der Waals surface area contributed by atoms with Gasteiger partial charge in [0.15, 0.2) is 0 Å². The fraction of sp³-hybridized carbons (Fsp3) is 0.333. The summed E-state index contributed by atoms with van der Waals surface area (Å²) in [5.74, 6) is 0.266. The van der Waals surface area contributed by atoms with Gasteiger partial charge in [0.1, 0.15) is 11.6 Å². The molecule has 0 radical (unpaired) electrons. The Labute approximate surface area is 168 Å². The van der Waals surface area contributed by atoms with Crippen LogP contribution in [0.4, 0.5) is 10.1 Å². The van der Waals surface area contributed by atoms with Crippen LogP contribution in [-0.4, -0.2) is 42.7 Å². The van der Waals surface area contributed by atoms with Gasteiger partial charge in [0.2, 0.25) is 11.8 Å². The number of piperidine rings is 1. The Morgan fingerprint density at radius 2 is 1.82 bits per heavy atom. The van der Waals surface area contributed by atoms with Gasteiger partial charge in [-0.1, -0.05) is 24.3 Å². The minimum Gasteiger partial charge on any atom is -0.495 e. The Morgan fingerprint density at radius 1 is 1.14 bits per heavy atom. The van der Waals surface area contributed by atoms with Gasteiger partial charge in [-0.15, -0.1) is 11.8 Å². The highest BCUT2D eigenvalue weighted by atomic mass is 32.2. The van der Waals surface area contributed by atoms with E-state index in [1.54, 1.807) is 42.3 Å². The second kappa shape index (κ2) is 9.59. The molecule has 0 unspecified atom stereocenters. The number of para-hydroxylation sites is 2. The van der Waals surface area contributed by atoms with Crippen LogP contribution in [0.2, 0.25) is 0 Å². The first kappa shape index (κ1) is 20.2. The number of hydrogen-bond donors (Lipinski definition) is 1. The molecule has 1 aliphatic heterocycles. The smallest absolute Gasteiger partial charge is 0.232 e. The van der Waals surface area contributed by atoms with Crippen LogP contribution in [0.3, 0.4) is 0 Å². The summed E-state index contributed by atoms with van der Waals surface area (Å²) >= 11 is 1.20. The van der Waals surface area contributed by atoms with Crippen molar-refractivity contribution in [1.82, 2.24) is 4.90 Å². The van der Waals surface area contributed by atoms with E-state index in [1.807, 2.05) is 12.1 Å². The zero-order chi connectivity index (χ0) is 19.9. The Balaban J connectivity index is 1.47. The molecular formula is C21H23FN2O3S. The van der Waals surface area contributed by atoms with E-state index < -0.39 is 0 Å². The second-order valence-electron chi connectivity index (χ2n) is 6.56. The van der Waals surface area contributed by atoms with E-state index in [0.717, 1.165) is 0 Å². The molecule has 148 valence electrons. The van der Waals surface area contributed by atoms with E-state index in [-0.39, 0.29) is 29.3 Å². The number of benzene rings is 2. The molecule has 7 heteroatoms. The largest absolute Gasteiger partial charge is 0.495 e. The van der Waals surface area contributed by atoms with E-state index in [9.17, 15) is 14.0 Å². The fourth-order valence-electron chi connectivity index (χ4n) is 3.17. The molecule has 0 saturated carbocycles. The number of amides is 2. The summed E-state index contributed by atoms with van der Waals surface area (Å²) in [5.41, 5.74) is 0.648. The number of rotatable bonds is 6. The lowest BCUT2D eigenvalue weighted by atomic mass is 9.96. The average Bonchev–Trinajstić information content (AvgIpc) is 2.73. The summed E-state index contributed by atoms with van der Waals surface area (Å²) in [6, 6.07) is 13.7. The van der Waals surface area contributed by atoms with E-state index >= 15 is 0 Å². The van der Waals surface area contributed by atoms with Crippen LogP contribution in [0.15, 0.2) is 53.4 Å². The van der Waals surface area contributed by atoms with Gasteiger partial charge in [-0.3, -0.25) is 9.59 Å². The van der Waals surface area contributed by atoms with Crippen LogP contribution in [0.1, 0.15) is 12.8 Å². The van der Waals surface area contributed by atoms with E-state index in [4.69, 9.17) is 4.74 Å². The van der Waals surface area contributed by atoms with Crippen molar-refractivity contribution >= 4 is 29.3 Å². The first-order valence-corrected chi connectivity index (χ1v) is 10.2. The summed E-state index contributed by atoms with van der Waals surface area (Å²) in [5, 5.41) is 2.91. The minimum atomic E-state index is -0.313. The summed E-state index contributed by atoms with van der Waals surface area (Å²) < 4.78 is 18.9. The Hall–Kier alpha value is -2.54. The molecule has 1 N–H and O–H groups in total. The van der Waals surface area contributed by atoms with Crippen molar-refractivity contribution in [3.05, 3.63) is 54.3 Å². The highest BCUT2D eigenvalue weighted by molar-refractivity contribution is 8.00. The number of methoxy groups -OCH3 is 1. The quantitative estimate of drug-likeness (QED) is 0.747. The average molecular weight is 402 g/mol. The Bertz CT molecular complexity index is 838. The lowest BCUT2D eigenvalue weighted by molar-refractivity contribution is -0.132. The SMILES string of the molecule is COc1ccccc1NC(=O)C1CCN(C(=O)CSc2ccccc2F)CC1. The maximum Gasteiger partial charge on any atom is 0.232 e. The molecule has 0 spiro atoms. The van der Waals surface area contributed by atoms with Crippen molar-refractivity contribution in [2.24, 2.45) is 5.92 Å². The molecule has 1 aliphatic rings. The number of nitrogens with zero attached hydrogens (tertiary/aromatic N) is 1. The summed E-state index contributed by atoms with van der Waals surface area (Å²) in [4.78, 5) is 27.2. The number of anilines is 1. The van der Waals surface area contributed by atoms with E-state index in [1.165, 1.54) is 17.8 Å². The molecule has 3 rings (SSSR count). The zero-order valence-corrected chi connectivity index (χ0v) is 16.5. The molecular weight excluding hydrogens is 379 g/mol. The first-order chi connectivity index (χ1) is 13.6. The van der Waals surface area contributed by atoms with Gasteiger partial charge in [0, 0.05) is 23.9 Å². The minimum absolute atomic E-state index is 0.0307. The second-order valence-corrected chi connectivity index (χ2v) is 7.58. The number of likely N-dealkylation sites (tertiary alicyclic amines) is 1. The van der Waals surface area contributed by atoms with Crippen molar-refractivity contribution in [2.45, 2.75) is 17.7 Å². The molecule has 0 aliphatic carbocycles. The van der Waals surface area contributed by atoms with Crippen molar-refractivity contribution in [3.63, 3.8) is 0 Å². The van der Waals surface area contributed by atoms with E-state index in [0.29, 0.717) is 42.3 Å². The molecule has 5 nitrogen and oxygen atoms in total. The predicted molar refractivity (Wildman–Crippen MR) is 108 cm³/mol. The topological polar surface area (TPSA) is 58.6 Å². The number of hydrogen-bond acceptors (Lipinski definition) is 4. The van der Waals surface area contributed by atoms with Gasteiger partial charge in [-0.2, -0.15) is 0 Å². The van der Waals surface area contributed by atoms with Crippen LogP contribution in [0.5, 0.6) is 5.75 Å². The van der Waals surface area contributed by atoms with Gasteiger partial charge < -0.3 is 15.0 Å². The van der Waals surface area contributed by atoms with Crippen molar-refractivity contribution in [1.29, 1.82) is 0 Å². The van der Waals surface area contributed by atoms with Crippen LogP contribution in [0.25, 0.3) is 0 Å². The number of carbonyl (C=O) groups excluding carboxylic acids is 2. The zero-order valence-electron chi connectivity index (χ0n) is 15.7. The number of ether oxygens (including phenoxy) is 1. The number of carbonyl (C=O) groups is 2. The standard InChI is InChI=1S/C21H23FN2O3S/c1-27-18-8-4-3-7-17(18)23-21(26)15-10-12-24(13-11-15)20(25)14-28-19-9-5-2-6-16(19)22/h2-9,15H,10-14H2,1H3,(H,23,26). The lowest BCUT2D eigenvalue weighted by Crippen LogP contribution is -2.42. The molecule has 0 bridgehead atoms. The molecule has 28 heavy (non-hydrogen) atoms. The molecule has 0 atom stereocenters. The molecule has 1 saturated heterocycles. The highest BCUT2D eigenvalue weighted by Crippen LogP contribution is 2.26. The highest BCUT2D eigenvalue weighted by Gasteiger charge is 2.27. The fourth-order valence-corrected chi connectivity index (χ4v) is 4.01. The third-order valence-corrected chi connectivity index (χ3v) is 5.80. The van der Waals surface area contributed by atoms with Gasteiger partial charge in [0.25, 0.3) is 0 Å². The maximum atomic E-state index is 13.7. The first-order valence-electron chi connectivity index (χ1n) is 9.17. The van der Waals surface area contributed by atoms with Crippen molar-refractivity contribution < 1.29 is 18.7 Å². The monoisotopic (exact) mass is 402 g/mol. The maximum absolute atomic E-state index is 13.7. The van der Waals surface area contributed by atoms with Gasteiger partial charge in [-0.25, -0.2) is 4.39 Å². The molecule has 2 amide bonds. The predicted octanol–water partition coefficient (Wildman–Crippen LogP) is 3.80. The van der Waals surface area contributed by atoms with Crippen LogP contribution in [0, 0.1) is 11.7 Å². The van der Waals surface area contributed by atoms with Gasteiger partial charge in [0.05, 0.1) is 18.6 Å². The van der Waals surface area contributed by atoms with Crippen molar-refractivity contribution in [2.75, 3.05) is 31.3 Å². The lowest BCUT2D eigenvalue weighted by Gasteiger charge is -2.31. The Kier molecular flexibility index (Phi) is 6.92. The summed E-state index contributed by atoms with van der Waals surface area (Å²) in [7, 11) is 1.56. The van der Waals surface area contributed by atoms with E-state index in [2.05, 4.69) is 5.32 Å². The molecule has 1 fully saturated rings.